The number of hydrogen-bond acceptors (Lipinski definition) is 2. The third-order valence-corrected chi connectivity index (χ3v) is 3.98. The maximum absolute atomic E-state index is 9.70. The molecule has 3 rings (SSSR count). The molecule has 0 saturated heterocycles. The number of fused-ring (bicyclic) bond motifs is 1. The number of phenols is 1. The van der Waals surface area contributed by atoms with Crippen LogP contribution in [0.25, 0.3) is 0 Å². The summed E-state index contributed by atoms with van der Waals surface area (Å²) in [7, 11) is 1.59. The van der Waals surface area contributed by atoms with Crippen LogP contribution in [0.3, 0.4) is 0 Å². The lowest BCUT2D eigenvalue weighted by Crippen LogP contribution is -2.10. The molecule has 1 atom stereocenters. The highest BCUT2D eigenvalue weighted by molar-refractivity contribution is 5.47. The minimum Gasteiger partial charge on any atom is -0.504 e. The van der Waals surface area contributed by atoms with Crippen LogP contribution < -0.4 is 4.74 Å². The molecule has 1 aliphatic rings. The molecule has 2 nitrogen and oxygen atoms in total. The van der Waals surface area contributed by atoms with Gasteiger partial charge >= 0.3 is 0 Å². The molecule has 0 amide bonds. The van der Waals surface area contributed by atoms with Crippen molar-refractivity contribution in [1.82, 2.24) is 0 Å². The van der Waals surface area contributed by atoms with E-state index < -0.39 is 0 Å². The molecule has 1 aliphatic carbocycles. The van der Waals surface area contributed by atoms with Gasteiger partial charge in [0.05, 0.1) is 7.11 Å². The van der Waals surface area contributed by atoms with Gasteiger partial charge in [0, 0.05) is 5.92 Å². The van der Waals surface area contributed by atoms with Crippen molar-refractivity contribution in [3.05, 3.63) is 59.2 Å². The Morgan fingerprint density at radius 3 is 2.84 bits per heavy atom. The Labute approximate surface area is 113 Å². The van der Waals surface area contributed by atoms with Crippen molar-refractivity contribution in [2.75, 3.05) is 7.11 Å². The lowest BCUT2D eigenvalue weighted by molar-refractivity contribution is 0.372. The Balaban J connectivity index is 2.04. The first-order valence-electron chi connectivity index (χ1n) is 6.74. The number of aryl methyl sites for hydroxylation is 1. The zero-order chi connectivity index (χ0) is 13.2. The van der Waals surface area contributed by atoms with Crippen LogP contribution in [-0.2, 0) is 6.42 Å². The van der Waals surface area contributed by atoms with E-state index in [1.54, 1.807) is 13.2 Å². The van der Waals surface area contributed by atoms with E-state index in [0.29, 0.717) is 11.7 Å². The second-order valence-corrected chi connectivity index (χ2v) is 5.07. The number of ether oxygens (including phenoxy) is 1. The molecular weight excluding hydrogens is 236 g/mol. The average molecular weight is 254 g/mol. The summed E-state index contributed by atoms with van der Waals surface area (Å²) in [4.78, 5) is 0. The van der Waals surface area contributed by atoms with Crippen molar-refractivity contribution in [3.8, 4) is 11.5 Å². The van der Waals surface area contributed by atoms with Crippen molar-refractivity contribution in [3.63, 3.8) is 0 Å². The van der Waals surface area contributed by atoms with Crippen molar-refractivity contribution in [2.45, 2.75) is 25.2 Å². The smallest absolute Gasteiger partial charge is 0.160 e. The second kappa shape index (κ2) is 4.96. The predicted molar refractivity (Wildman–Crippen MR) is 75.9 cm³/mol. The first-order chi connectivity index (χ1) is 9.29. The van der Waals surface area contributed by atoms with Gasteiger partial charge in [-0.25, -0.2) is 0 Å². The van der Waals surface area contributed by atoms with Crippen molar-refractivity contribution >= 4 is 0 Å². The Bertz CT molecular complexity index is 590. The van der Waals surface area contributed by atoms with E-state index in [9.17, 15) is 5.11 Å². The van der Waals surface area contributed by atoms with Gasteiger partial charge < -0.3 is 9.84 Å². The minimum atomic E-state index is 0.204. The molecule has 0 aliphatic heterocycles. The summed E-state index contributed by atoms with van der Waals surface area (Å²) < 4.78 is 5.21. The van der Waals surface area contributed by atoms with Gasteiger partial charge in [-0.3, -0.25) is 0 Å². The maximum Gasteiger partial charge on any atom is 0.160 e. The zero-order valence-electron chi connectivity index (χ0n) is 11.1. The van der Waals surface area contributed by atoms with Crippen LogP contribution in [-0.4, -0.2) is 12.2 Å². The number of benzene rings is 2. The summed E-state index contributed by atoms with van der Waals surface area (Å²) in [6.07, 6.45) is 3.54. The molecule has 2 aromatic carbocycles. The zero-order valence-corrected chi connectivity index (χ0v) is 11.1. The Morgan fingerprint density at radius 1 is 1.16 bits per heavy atom. The van der Waals surface area contributed by atoms with Crippen LogP contribution in [0, 0.1) is 0 Å². The van der Waals surface area contributed by atoms with Crippen molar-refractivity contribution in [2.24, 2.45) is 0 Å². The lowest BCUT2D eigenvalue weighted by Gasteiger charge is -2.26. The molecule has 0 fully saturated rings. The standard InChI is InChI=1S/C17H18O2/c1-19-17-11-13(9-10-16(17)18)15-8-4-6-12-5-2-3-7-14(12)15/h2-3,5,7,9-11,15,18H,4,6,8H2,1H3/t15-/m1/s1. The molecule has 2 heteroatoms. The summed E-state index contributed by atoms with van der Waals surface area (Å²) in [5.74, 6) is 1.18. The molecule has 19 heavy (non-hydrogen) atoms. The van der Waals surface area contributed by atoms with Gasteiger partial charge in [0.2, 0.25) is 0 Å². The van der Waals surface area contributed by atoms with Gasteiger partial charge in [-0.05, 0) is 48.1 Å². The molecule has 1 N–H and O–H groups in total. The number of phenolic OH excluding ortho intramolecular Hbond substituents is 1. The van der Waals surface area contributed by atoms with E-state index in [-0.39, 0.29) is 5.75 Å². The molecule has 2 aromatic rings. The van der Waals surface area contributed by atoms with Crippen molar-refractivity contribution in [1.29, 1.82) is 0 Å². The van der Waals surface area contributed by atoms with E-state index in [1.165, 1.54) is 29.5 Å². The van der Waals surface area contributed by atoms with Gasteiger partial charge in [0.25, 0.3) is 0 Å². The normalized spacial score (nSPS) is 17.8. The molecule has 0 spiro atoms. The number of methoxy groups -OCH3 is 1. The average Bonchev–Trinajstić information content (AvgIpc) is 2.47. The first-order valence-corrected chi connectivity index (χ1v) is 6.74. The first kappa shape index (κ1) is 12.1. The molecule has 0 heterocycles. The molecule has 0 aromatic heterocycles. The summed E-state index contributed by atoms with van der Waals surface area (Å²) in [6, 6.07) is 14.4. The van der Waals surface area contributed by atoms with Crippen LogP contribution in [0.4, 0.5) is 0 Å². The van der Waals surface area contributed by atoms with Crippen LogP contribution >= 0.6 is 0 Å². The van der Waals surface area contributed by atoms with Gasteiger partial charge in [-0.1, -0.05) is 30.3 Å². The highest BCUT2D eigenvalue weighted by Crippen LogP contribution is 2.39. The molecular formula is C17H18O2. The third-order valence-electron chi connectivity index (χ3n) is 3.98. The van der Waals surface area contributed by atoms with Gasteiger partial charge in [-0.15, -0.1) is 0 Å². The summed E-state index contributed by atoms with van der Waals surface area (Å²) in [5.41, 5.74) is 4.09. The molecule has 0 saturated carbocycles. The summed E-state index contributed by atoms with van der Waals surface area (Å²) in [6.45, 7) is 0. The van der Waals surface area contributed by atoms with Gasteiger partial charge in [0.15, 0.2) is 11.5 Å². The van der Waals surface area contributed by atoms with E-state index >= 15 is 0 Å². The highest BCUT2D eigenvalue weighted by atomic mass is 16.5. The van der Waals surface area contributed by atoms with Crippen LogP contribution in [0.5, 0.6) is 11.5 Å². The highest BCUT2D eigenvalue weighted by Gasteiger charge is 2.22. The van der Waals surface area contributed by atoms with Crippen LogP contribution in [0.15, 0.2) is 42.5 Å². The molecule has 0 bridgehead atoms. The fourth-order valence-electron chi connectivity index (χ4n) is 3.01. The minimum absolute atomic E-state index is 0.204. The maximum atomic E-state index is 9.70. The fraction of sp³-hybridized carbons (Fsp3) is 0.294. The van der Waals surface area contributed by atoms with Crippen LogP contribution in [0.2, 0.25) is 0 Å². The second-order valence-electron chi connectivity index (χ2n) is 5.07. The number of aromatic hydroxyl groups is 1. The summed E-state index contributed by atoms with van der Waals surface area (Å²) >= 11 is 0. The largest absolute Gasteiger partial charge is 0.504 e. The number of hydrogen-bond donors (Lipinski definition) is 1. The topological polar surface area (TPSA) is 29.5 Å². The predicted octanol–water partition coefficient (Wildman–Crippen LogP) is 3.87. The van der Waals surface area contributed by atoms with Gasteiger partial charge in [-0.2, -0.15) is 0 Å². The molecule has 0 radical (unpaired) electrons. The van der Waals surface area contributed by atoms with Crippen LogP contribution in [0.1, 0.15) is 35.4 Å². The Morgan fingerprint density at radius 2 is 2.00 bits per heavy atom. The third kappa shape index (κ3) is 2.19. The monoisotopic (exact) mass is 254 g/mol. The van der Waals surface area contributed by atoms with Crippen molar-refractivity contribution < 1.29 is 9.84 Å². The fourth-order valence-corrected chi connectivity index (χ4v) is 3.01. The molecule has 0 unspecified atom stereocenters. The van der Waals surface area contributed by atoms with E-state index in [2.05, 4.69) is 24.3 Å². The summed E-state index contributed by atoms with van der Waals surface area (Å²) in [5, 5.41) is 9.70. The van der Waals surface area contributed by atoms with E-state index in [1.807, 2.05) is 12.1 Å². The Hall–Kier alpha value is -1.96. The SMILES string of the molecule is COc1cc([C@H]2CCCc3ccccc32)ccc1O. The Kier molecular flexibility index (Phi) is 3.16. The quantitative estimate of drug-likeness (QED) is 0.881. The van der Waals surface area contributed by atoms with E-state index in [0.717, 1.165) is 6.42 Å². The molecule has 98 valence electrons. The van der Waals surface area contributed by atoms with Gasteiger partial charge in [0.1, 0.15) is 0 Å². The number of rotatable bonds is 2. The lowest BCUT2D eigenvalue weighted by atomic mass is 9.79. The van der Waals surface area contributed by atoms with E-state index in [4.69, 9.17) is 4.74 Å².